The lowest BCUT2D eigenvalue weighted by Crippen LogP contribution is -2.16. The molecule has 0 bridgehead atoms. The van der Waals surface area contributed by atoms with Gasteiger partial charge in [0, 0.05) is 27.9 Å². The summed E-state index contributed by atoms with van der Waals surface area (Å²) in [6.45, 7) is 0.280. The van der Waals surface area contributed by atoms with E-state index in [0.717, 1.165) is 12.1 Å². The number of rotatable bonds is 4. The molecule has 0 atom stereocenters. The zero-order chi connectivity index (χ0) is 18.0. The van der Waals surface area contributed by atoms with Crippen molar-refractivity contribution < 1.29 is 13.6 Å². The Kier molecular flexibility index (Phi) is 5.01. The number of anilines is 1. The molecule has 8 heteroatoms. The molecule has 1 aromatic heterocycles. The molecule has 0 saturated carbocycles. The van der Waals surface area contributed by atoms with Crippen molar-refractivity contribution >= 4 is 34.9 Å². The minimum Gasteiger partial charge on any atom is -0.305 e. The van der Waals surface area contributed by atoms with Crippen LogP contribution in [0.2, 0.25) is 10.0 Å². The van der Waals surface area contributed by atoms with Gasteiger partial charge in [-0.1, -0.05) is 35.3 Å². The van der Waals surface area contributed by atoms with Gasteiger partial charge in [0.2, 0.25) is 0 Å². The molecule has 0 aliphatic carbocycles. The van der Waals surface area contributed by atoms with E-state index in [1.54, 1.807) is 24.4 Å². The molecule has 1 amide bonds. The molecule has 4 nitrogen and oxygen atoms in total. The molecule has 1 N–H and O–H groups in total. The summed E-state index contributed by atoms with van der Waals surface area (Å²) in [5.74, 6) is -2.66. The Morgan fingerprint density at radius 3 is 2.28 bits per heavy atom. The van der Waals surface area contributed by atoms with Crippen molar-refractivity contribution in [1.29, 1.82) is 0 Å². The van der Waals surface area contributed by atoms with Gasteiger partial charge in [-0.3, -0.25) is 9.48 Å². The molecular weight excluding hydrogens is 371 g/mol. The van der Waals surface area contributed by atoms with Crippen LogP contribution in [0.3, 0.4) is 0 Å². The first kappa shape index (κ1) is 17.4. The second-order valence-corrected chi connectivity index (χ2v) is 5.96. The predicted molar refractivity (Wildman–Crippen MR) is 92.1 cm³/mol. The SMILES string of the molecule is O=C(Nc1ccn(Cc2c(Cl)cccc2Cl)n1)c1c(F)cccc1F. The van der Waals surface area contributed by atoms with Gasteiger partial charge in [-0.15, -0.1) is 0 Å². The van der Waals surface area contributed by atoms with Gasteiger partial charge in [-0.05, 0) is 24.3 Å². The number of amides is 1. The number of carbonyl (C=O) groups is 1. The first-order valence-electron chi connectivity index (χ1n) is 7.17. The molecule has 2 aromatic carbocycles. The lowest BCUT2D eigenvalue weighted by Gasteiger charge is -2.07. The maximum atomic E-state index is 13.6. The Labute approximate surface area is 152 Å². The highest BCUT2D eigenvalue weighted by Crippen LogP contribution is 2.25. The van der Waals surface area contributed by atoms with Gasteiger partial charge >= 0.3 is 0 Å². The van der Waals surface area contributed by atoms with Crippen LogP contribution in [0.4, 0.5) is 14.6 Å². The Morgan fingerprint density at radius 1 is 1.04 bits per heavy atom. The lowest BCUT2D eigenvalue weighted by molar-refractivity contribution is 0.101. The van der Waals surface area contributed by atoms with Crippen LogP contribution >= 0.6 is 23.2 Å². The molecule has 25 heavy (non-hydrogen) atoms. The fourth-order valence-corrected chi connectivity index (χ4v) is 2.77. The van der Waals surface area contributed by atoms with E-state index in [2.05, 4.69) is 10.4 Å². The molecule has 0 fully saturated rings. The van der Waals surface area contributed by atoms with Crippen molar-refractivity contribution in [3.8, 4) is 0 Å². The molecule has 0 aliphatic heterocycles. The number of carbonyl (C=O) groups excluding carboxylic acids is 1. The monoisotopic (exact) mass is 381 g/mol. The van der Waals surface area contributed by atoms with Crippen molar-refractivity contribution in [2.75, 3.05) is 5.32 Å². The van der Waals surface area contributed by atoms with Crippen LogP contribution < -0.4 is 5.32 Å². The van der Waals surface area contributed by atoms with Gasteiger partial charge in [0.25, 0.3) is 5.91 Å². The fourth-order valence-electron chi connectivity index (χ4n) is 2.26. The van der Waals surface area contributed by atoms with E-state index in [4.69, 9.17) is 23.2 Å². The molecule has 1 heterocycles. The maximum absolute atomic E-state index is 13.6. The van der Waals surface area contributed by atoms with Crippen molar-refractivity contribution in [2.24, 2.45) is 0 Å². The maximum Gasteiger partial charge on any atom is 0.262 e. The number of halogens is 4. The first-order valence-corrected chi connectivity index (χ1v) is 7.93. The quantitative estimate of drug-likeness (QED) is 0.707. The molecule has 3 aromatic rings. The van der Waals surface area contributed by atoms with Crippen LogP contribution in [0.1, 0.15) is 15.9 Å². The molecular formula is C17H11Cl2F2N3O. The van der Waals surface area contributed by atoms with Crippen molar-refractivity contribution in [2.45, 2.75) is 6.54 Å². The molecule has 3 rings (SSSR count). The number of aromatic nitrogens is 2. The predicted octanol–water partition coefficient (Wildman–Crippen LogP) is 4.77. The molecule has 0 saturated heterocycles. The van der Waals surface area contributed by atoms with Gasteiger partial charge < -0.3 is 5.32 Å². The van der Waals surface area contributed by atoms with Gasteiger partial charge in [-0.25, -0.2) is 8.78 Å². The Morgan fingerprint density at radius 2 is 1.64 bits per heavy atom. The summed E-state index contributed by atoms with van der Waals surface area (Å²) in [7, 11) is 0. The van der Waals surface area contributed by atoms with Crippen LogP contribution in [-0.2, 0) is 6.54 Å². The number of hydrogen-bond acceptors (Lipinski definition) is 2. The second-order valence-electron chi connectivity index (χ2n) is 5.15. The molecule has 128 valence electrons. The van der Waals surface area contributed by atoms with Crippen molar-refractivity contribution in [1.82, 2.24) is 9.78 Å². The average molecular weight is 382 g/mol. The van der Waals surface area contributed by atoms with Crippen molar-refractivity contribution in [3.05, 3.63) is 81.5 Å². The average Bonchev–Trinajstić information content (AvgIpc) is 2.98. The summed E-state index contributed by atoms with van der Waals surface area (Å²) >= 11 is 12.2. The van der Waals surface area contributed by atoms with E-state index in [0.29, 0.717) is 15.6 Å². The van der Waals surface area contributed by atoms with Gasteiger partial charge in [0.15, 0.2) is 5.82 Å². The van der Waals surface area contributed by atoms with E-state index < -0.39 is 23.1 Å². The lowest BCUT2D eigenvalue weighted by atomic mass is 10.2. The third kappa shape index (κ3) is 3.81. The van der Waals surface area contributed by atoms with Crippen LogP contribution in [0.5, 0.6) is 0 Å². The van der Waals surface area contributed by atoms with Gasteiger partial charge in [0.1, 0.15) is 17.2 Å². The van der Waals surface area contributed by atoms with Gasteiger partial charge in [0.05, 0.1) is 6.54 Å². The standard InChI is InChI=1S/C17H11Cl2F2N3O/c18-11-3-1-4-12(19)10(11)9-24-8-7-15(23-24)22-17(25)16-13(20)5-2-6-14(16)21/h1-8H,9H2,(H,22,23,25). The zero-order valence-electron chi connectivity index (χ0n) is 12.6. The normalized spacial score (nSPS) is 10.7. The molecule has 0 aliphatic rings. The topological polar surface area (TPSA) is 46.9 Å². The summed E-state index contributed by atoms with van der Waals surface area (Å²) in [6, 6.07) is 9.84. The Balaban J connectivity index is 1.77. The summed E-state index contributed by atoms with van der Waals surface area (Å²) in [4.78, 5) is 12.0. The molecule has 0 spiro atoms. The Bertz CT molecular complexity index is 903. The van der Waals surface area contributed by atoms with Gasteiger partial charge in [-0.2, -0.15) is 5.10 Å². The highest BCUT2D eigenvalue weighted by molar-refractivity contribution is 6.35. The summed E-state index contributed by atoms with van der Waals surface area (Å²) < 4.78 is 28.8. The van der Waals surface area contributed by atoms with Crippen LogP contribution in [0.15, 0.2) is 48.7 Å². The van der Waals surface area contributed by atoms with Crippen LogP contribution in [-0.4, -0.2) is 15.7 Å². The first-order chi connectivity index (χ1) is 12.0. The smallest absolute Gasteiger partial charge is 0.262 e. The second kappa shape index (κ2) is 7.21. The van der Waals surface area contributed by atoms with E-state index in [1.807, 2.05) is 0 Å². The highest BCUT2D eigenvalue weighted by atomic mass is 35.5. The minimum atomic E-state index is -0.945. The van der Waals surface area contributed by atoms with E-state index in [9.17, 15) is 13.6 Å². The van der Waals surface area contributed by atoms with E-state index in [-0.39, 0.29) is 12.4 Å². The molecule has 0 unspecified atom stereocenters. The summed E-state index contributed by atoms with van der Waals surface area (Å²) in [5, 5.41) is 7.47. The molecule has 0 radical (unpaired) electrons. The number of hydrogen-bond donors (Lipinski definition) is 1. The Hall–Kier alpha value is -2.44. The van der Waals surface area contributed by atoms with Crippen LogP contribution in [0.25, 0.3) is 0 Å². The van der Waals surface area contributed by atoms with Crippen molar-refractivity contribution in [3.63, 3.8) is 0 Å². The summed E-state index contributed by atoms with van der Waals surface area (Å²) in [6.07, 6.45) is 1.59. The number of benzene rings is 2. The van der Waals surface area contributed by atoms with Crippen LogP contribution in [0, 0.1) is 11.6 Å². The number of nitrogens with one attached hydrogen (secondary N) is 1. The highest BCUT2D eigenvalue weighted by Gasteiger charge is 2.18. The third-order valence-corrected chi connectivity index (χ3v) is 4.16. The van der Waals surface area contributed by atoms with E-state index >= 15 is 0 Å². The largest absolute Gasteiger partial charge is 0.305 e. The van der Waals surface area contributed by atoms with E-state index in [1.165, 1.54) is 16.8 Å². The third-order valence-electron chi connectivity index (χ3n) is 3.45. The number of nitrogens with zero attached hydrogens (tertiary/aromatic N) is 2. The fraction of sp³-hybridized carbons (Fsp3) is 0.0588. The minimum absolute atomic E-state index is 0.149. The summed E-state index contributed by atoms with van der Waals surface area (Å²) in [5.41, 5.74) is 0.0122. The zero-order valence-corrected chi connectivity index (χ0v) is 14.2.